The smallest absolute Gasteiger partial charge is 0.245 e. The van der Waals surface area contributed by atoms with Crippen LogP contribution in [0.2, 0.25) is 0 Å². The largest absolute Gasteiger partial charge is 0.352 e. The summed E-state index contributed by atoms with van der Waals surface area (Å²) < 4.78 is 0. The third-order valence-corrected chi connectivity index (χ3v) is 4.08. The van der Waals surface area contributed by atoms with Gasteiger partial charge in [0.15, 0.2) is 0 Å². The third kappa shape index (κ3) is 3.60. The average molecular weight is 290 g/mol. The number of halogens is 1. The van der Waals surface area contributed by atoms with Crippen molar-refractivity contribution in [1.82, 2.24) is 15.5 Å². The van der Waals surface area contributed by atoms with Crippen molar-refractivity contribution in [3.8, 4) is 0 Å². The Bertz CT molecular complexity index is 341. The lowest BCUT2D eigenvalue weighted by atomic mass is 9.96. The molecule has 2 rings (SSSR count). The zero-order chi connectivity index (χ0) is 13.2. The highest BCUT2D eigenvalue weighted by atomic mass is 35.5. The normalized spacial score (nSPS) is 25.7. The van der Waals surface area contributed by atoms with Crippen LogP contribution in [0, 0.1) is 5.92 Å². The molecule has 0 aromatic heterocycles. The quantitative estimate of drug-likeness (QED) is 0.797. The number of piperazine rings is 1. The van der Waals surface area contributed by atoms with Crippen LogP contribution < -0.4 is 10.6 Å². The first-order valence-electron chi connectivity index (χ1n) is 6.81. The molecule has 2 saturated heterocycles. The molecule has 2 aliphatic rings. The Kier molecular flexibility index (Phi) is 5.62. The fourth-order valence-electron chi connectivity index (χ4n) is 2.76. The lowest BCUT2D eigenvalue weighted by Crippen LogP contribution is -2.63. The van der Waals surface area contributed by atoms with Gasteiger partial charge in [-0.1, -0.05) is 0 Å². The van der Waals surface area contributed by atoms with Gasteiger partial charge in [-0.05, 0) is 45.7 Å². The highest BCUT2D eigenvalue weighted by Gasteiger charge is 2.40. The molecule has 0 aliphatic carbocycles. The number of nitrogens with one attached hydrogen (secondary N) is 2. The first-order valence-corrected chi connectivity index (χ1v) is 6.81. The fraction of sp³-hybridized carbons (Fsp3) is 0.846. The van der Waals surface area contributed by atoms with Gasteiger partial charge in [0, 0.05) is 19.5 Å². The van der Waals surface area contributed by atoms with E-state index in [1.54, 1.807) is 4.90 Å². The highest BCUT2D eigenvalue weighted by molar-refractivity contribution is 5.91. The molecule has 0 aromatic rings. The van der Waals surface area contributed by atoms with Gasteiger partial charge in [0.05, 0.1) is 0 Å². The Balaban J connectivity index is 0.00000180. The second-order valence-electron chi connectivity index (χ2n) is 5.76. The van der Waals surface area contributed by atoms with E-state index < -0.39 is 5.54 Å². The number of hydrogen-bond acceptors (Lipinski definition) is 3. The summed E-state index contributed by atoms with van der Waals surface area (Å²) in [6.07, 6.45) is 2.65. The van der Waals surface area contributed by atoms with Crippen molar-refractivity contribution in [2.45, 2.75) is 38.6 Å². The Morgan fingerprint density at radius 2 is 2.16 bits per heavy atom. The van der Waals surface area contributed by atoms with Crippen LogP contribution in [0.4, 0.5) is 0 Å². The van der Waals surface area contributed by atoms with Crippen LogP contribution in [0.5, 0.6) is 0 Å². The molecule has 2 fully saturated rings. The molecule has 110 valence electrons. The number of nitrogens with zero attached hydrogens (tertiary/aromatic N) is 1. The van der Waals surface area contributed by atoms with Gasteiger partial charge in [0.2, 0.25) is 11.8 Å². The van der Waals surface area contributed by atoms with Gasteiger partial charge in [0.1, 0.15) is 5.54 Å². The summed E-state index contributed by atoms with van der Waals surface area (Å²) >= 11 is 0. The second kappa shape index (κ2) is 6.57. The zero-order valence-electron chi connectivity index (χ0n) is 11.7. The van der Waals surface area contributed by atoms with Crippen molar-refractivity contribution in [2.24, 2.45) is 5.92 Å². The van der Waals surface area contributed by atoms with E-state index in [1.165, 1.54) is 0 Å². The van der Waals surface area contributed by atoms with Crippen LogP contribution in [-0.2, 0) is 9.59 Å². The molecule has 1 unspecified atom stereocenters. The van der Waals surface area contributed by atoms with Crippen LogP contribution in [0.15, 0.2) is 0 Å². The molecule has 0 aromatic carbocycles. The van der Waals surface area contributed by atoms with Gasteiger partial charge in [0.25, 0.3) is 0 Å². The third-order valence-electron chi connectivity index (χ3n) is 4.08. The summed E-state index contributed by atoms with van der Waals surface area (Å²) in [7, 11) is 0. The van der Waals surface area contributed by atoms with Crippen molar-refractivity contribution >= 4 is 24.2 Å². The fourth-order valence-corrected chi connectivity index (χ4v) is 2.76. The van der Waals surface area contributed by atoms with Crippen LogP contribution in [-0.4, -0.2) is 48.4 Å². The lowest BCUT2D eigenvalue weighted by Gasteiger charge is -2.41. The molecule has 0 spiro atoms. The van der Waals surface area contributed by atoms with E-state index in [4.69, 9.17) is 0 Å². The molecular weight excluding hydrogens is 266 g/mol. The first-order chi connectivity index (χ1) is 8.51. The predicted molar refractivity (Wildman–Crippen MR) is 76.3 cm³/mol. The number of carbonyl (C=O) groups is 2. The molecule has 2 N–H and O–H groups in total. The van der Waals surface area contributed by atoms with Crippen LogP contribution in [0.3, 0.4) is 0 Å². The van der Waals surface area contributed by atoms with Crippen LogP contribution in [0.1, 0.15) is 33.1 Å². The van der Waals surface area contributed by atoms with E-state index in [9.17, 15) is 9.59 Å². The summed E-state index contributed by atoms with van der Waals surface area (Å²) in [5.74, 6) is 0.682. The lowest BCUT2D eigenvalue weighted by molar-refractivity contribution is -0.149. The monoisotopic (exact) mass is 289 g/mol. The van der Waals surface area contributed by atoms with E-state index in [0.717, 1.165) is 25.9 Å². The maximum Gasteiger partial charge on any atom is 0.245 e. The van der Waals surface area contributed by atoms with Crippen molar-refractivity contribution in [3.63, 3.8) is 0 Å². The summed E-state index contributed by atoms with van der Waals surface area (Å²) in [5, 5.41) is 6.12. The Hall–Kier alpha value is -0.810. The van der Waals surface area contributed by atoms with Crippen molar-refractivity contribution < 1.29 is 9.59 Å². The molecule has 0 bridgehead atoms. The van der Waals surface area contributed by atoms with Crippen LogP contribution >= 0.6 is 12.4 Å². The molecule has 1 atom stereocenters. The van der Waals surface area contributed by atoms with Gasteiger partial charge in [-0.3, -0.25) is 9.59 Å². The molecule has 2 aliphatic heterocycles. The predicted octanol–water partition coefficient (Wildman–Crippen LogP) is 0.535. The molecule has 2 heterocycles. The average Bonchev–Trinajstić information content (AvgIpc) is 2.82. The molecule has 2 amide bonds. The van der Waals surface area contributed by atoms with Gasteiger partial charge < -0.3 is 15.5 Å². The minimum atomic E-state index is -0.705. The van der Waals surface area contributed by atoms with Crippen molar-refractivity contribution in [1.29, 1.82) is 0 Å². The molecule has 0 radical (unpaired) electrons. The SMILES string of the molecule is CC1(C)C(=O)NCCN1C(=O)CCC1CCNC1.Cl. The molecule has 6 heteroatoms. The Morgan fingerprint density at radius 3 is 2.79 bits per heavy atom. The van der Waals surface area contributed by atoms with Crippen LogP contribution in [0.25, 0.3) is 0 Å². The van der Waals surface area contributed by atoms with E-state index in [-0.39, 0.29) is 24.2 Å². The number of hydrogen-bond donors (Lipinski definition) is 2. The minimum absolute atomic E-state index is 0. The summed E-state index contributed by atoms with van der Waals surface area (Å²) in [6, 6.07) is 0. The summed E-state index contributed by atoms with van der Waals surface area (Å²) in [4.78, 5) is 25.7. The highest BCUT2D eigenvalue weighted by Crippen LogP contribution is 2.21. The Labute approximate surface area is 120 Å². The Morgan fingerprint density at radius 1 is 1.42 bits per heavy atom. The van der Waals surface area contributed by atoms with Gasteiger partial charge >= 0.3 is 0 Å². The second-order valence-corrected chi connectivity index (χ2v) is 5.76. The first kappa shape index (κ1) is 16.2. The summed E-state index contributed by atoms with van der Waals surface area (Å²) in [5.41, 5.74) is -0.705. The van der Waals surface area contributed by atoms with Gasteiger partial charge in [-0.2, -0.15) is 0 Å². The number of carbonyl (C=O) groups excluding carboxylic acids is 2. The van der Waals surface area contributed by atoms with Crippen molar-refractivity contribution in [3.05, 3.63) is 0 Å². The number of amides is 2. The van der Waals surface area contributed by atoms with E-state index in [2.05, 4.69) is 10.6 Å². The molecule has 19 heavy (non-hydrogen) atoms. The molecular formula is C13H24ClN3O2. The zero-order valence-corrected chi connectivity index (χ0v) is 12.5. The van der Waals surface area contributed by atoms with E-state index in [1.807, 2.05) is 13.8 Å². The van der Waals surface area contributed by atoms with E-state index >= 15 is 0 Å². The van der Waals surface area contributed by atoms with Crippen molar-refractivity contribution in [2.75, 3.05) is 26.2 Å². The maximum absolute atomic E-state index is 12.2. The molecule has 5 nitrogen and oxygen atoms in total. The minimum Gasteiger partial charge on any atom is -0.352 e. The summed E-state index contributed by atoms with van der Waals surface area (Å²) in [6.45, 7) is 6.92. The molecule has 0 saturated carbocycles. The van der Waals surface area contributed by atoms with Gasteiger partial charge in [-0.25, -0.2) is 0 Å². The maximum atomic E-state index is 12.2. The standard InChI is InChI=1S/C13H23N3O2.ClH/c1-13(2)12(18)15-7-8-16(13)11(17)4-3-10-5-6-14-9-10;/h10,14H,3-9H2,1-2H3,(H,15,18);1H. The topological polar surface area (TPSA) is 61.4 Å². The van der Waals surface area contributed by atoms with E-state index in [0.29, 0.717) is 25.4 Å². The number of rotatable bonds is 3. The van der Waals surface area contributed by atoms with Gasteiger partial charge in [-0.15, -0.1) is 12.4 Å².